The van der Waals surface area contributed by atoms with E-state index in [1.165, 1.54) is 20.2 Å². The molecule has 0 aliphatic carbocycles. The molecular weight excluding hydrogens is 382 g/mol. The Hall–Kier alpha value is -3.45. The predicted octanol–water partition coefficient (Wildman–Crippen LogP) is 3.03. The minimum atomic E-state index is -0.687. The number of carbonyl (C=O) groups is 4. The van der Waals surface area contributed by atoms with Crippen molar-refractivity contribution in [1.82, 2.24) is 9.80 Å². The Bertz CT molecular complexity index is 1010. The van der Waals surface area contributed by atoms with Gasteiger partial charge in [-0.05, 0) is 35.9 Å². The van der Waals surface area contributed by atoms with Gasteiger partial charge in [-0.15, -0.1) is 0 Å². The lowest BCUT2D eigenvalue weighted by Gasteiger charge is -2.28. The van der Waals surface area contributed by atoms with E-state index in [-0.39, 0.29) is 11.5 Å². The van der Waals surface area contributed by atoms with Gasteiger partial charge in [0.05, 0.1) is 10.6 Å². The van der Waals surface area contributed by atoms with Crippen molar-refractivity contribution in [2.75, 3.05) is 19.4 Å². The fourth-order valence-corrected chi connectivity index (χ4v) is 2.91. The molecule has 0 saturated carbocycles. The van der Waals surface area contributed by atoms with Crippen molar-refractivity contribution in [2.45, 2.75) is 0 Å². The lowest BCUT2D eigenvalue weighted by molar-refractivity contribution is -0.134. The van der Waals surface area contributed by atoms with Gasteiger partial charge in [-0.25, -0.2) is 4.79 Å². The summed E-state index contributed by atoms with van der Waals surface area (Å²) in [6, 6.07) is 12.6. The lowest BCUT2D eigenvalue weighted by atomic mass is 10.1. The average Bonchev–Trinajstić information content (AvgIpc) is 2.69. The number of nitrogens with one attached hydrogen (secondary N) is 1. The van der Waals surface area contributed by atoms with E-state index in [9.17, 15) is 19.2 Å². The Morgan fingerprint density at radius 1 is 0.964 bits per heavy atom. The zero-order chi connectivity index (χ0) is 20.4. The first-order valence-electron chi connectivity index (χ1n) is 8.27. The summed E-state index contributed by atoms with van der Waals surface area (Å²) >= 11 is 6.03. The molecule has 2 aromatic carbocycles. The number of rotatable bonds is 3. The number of anilines is 1. The molecule has 0 unspecified atom stereocenters. The van der Waals surface area contributed by atoms with Gasteiger partial charge in [0.15, 0.2) is 0 Å². The molecule has 7 nitrogen and oxygen atoms in total. The highest BCUT2D eigenvalue weighted by atomic mass is 35.5. The molecular formula is C20H16ClN3O4. The van der Waals surface area contributed by atoms with E-state index in [1.54, 1.807) is 48.5 Å². The third kappa shape index (κ3) is 3.65. The van der Waals surface area contributed by atoms with Crippen LogP contribution in [0.4, 0.5) is 10.5 Å². The fraction of sp³-hybridized carbons (Fsp3) is 0.100. The SMILES string of the molecule is CN1C(=O)C(=Cc2cccc(NC(=O)c3ccccc3Cl)c2)C(=O)N(C)C1=O. The van der Waals surface area contributed by atoms with E-state index in [0.29, 0.717) is 21.8 Å². The van der Waals surface area contributed by atoms with E-state index in [0.717, 1.165) is 9.80 Å². The van der Waals surface area contributed by atoms with Crippen LogP contribution in [0.3, 0.4) is 0 Å². The average molecular weight is 398 g/mol. The van der Waals surface area contributed by atoms with Crippen molar-refractivity contribution in [3.05, 3.63) is 70.3 Å². The highest BCUT2D eigenvalue weighted by molar-refractivity contribution is 6.34. The molecule has 3 rings (SSSR count). The van der Waals surface area contributed by atoms with Crippen LogP contribution >= 0.6 is 11.6 Å². The molecule has 28 heavy (non-hydrogen) atoms. The first kappa shape index (κ1) is 19.3. The van der Waals surface area contributed by atoms with E-state index in [4.69, 9.17) is 11.6 Å². The first-order chi connectivity index (χ1) is 13.3. The van der Waals surface area contributed by atoms with Crippen LogP contribution in [0, 0.1) is 0 Å². The van der Waals surface area contributed by atoms with Crippen LogP contribution in [-0.4, -0.2) is 47.6 Å². The topological polar surface area (TPSA) is 86.8 Å². The van der Waals surface area contributed by atoms with Gasteiger partial charge in [-0.1, -0.05) is 35.9 Å². The second-order valence-electron chi connectivity index (χ2n) is 6.13. The van der Waals surface area contributed by atoms with Crippen LogP contribution in [0.2, 0.25) is 5.02 Å². The quantitative estimate of drug-likeness (QED) is 0.637. The third-order valence-electron chi connectivity index (χ3n) is 4.22. The van der Waals surface area contributed by atoms with Gasteiger partial charge in [0.2, 0.25) is 0 Å². The molecule has 1 saturated heterocycles. The number of benzene rings is 2. The number of amides is 5. The van der Waals surface area contributed by atoms with Crippen LogP contribution in [0.15, 0.2) is 54.1 Å². The predicted molar refractivity (Wildman–Crippen MR) is 105 cm³/mol. The highest BCUT2D eigenvalue weighted by Gasteiger charge is 2.37. The molecule has 5 amide bonds. The summed E-state index contributed by atoms with van der Waals surface area (Å²) in [5, 5.41) is 3.05. The van der Waals surface area contributed by atoms with Gasteiger partial charge in [0, 0.05) is 19.8 Å². The summed E-state index contributed by atoms with van der Waals surface area (Å²) in [6.07, 6.45) is 1.38. The largest absolute Gasteiger partial charge is 0.333 e. The molecule has 0 atom stereocenters. The second kappa shape index (κ2) is 7.66. The maximum absolute atomic E-state index is 12.4. The summed E-state index contributed by atoms with van der Waals surface area (Å²) in [7, 11) is 2.61. The Labute approximate surface area is 166 Å². The molecule has 2 aromatic rings. The van der Waals surface area contributed by atoms with Crippen molar-refractivity contribution in [3.63, 3.8) is 0 Å². The zero-order valence-electron chi connectivity index (χ0n) is 15.1. The summed E-state index contributed by atoms with van der Waals surface area (Å²) in [5.74, 6) is -1.75. The van der Waals surface area contributed by atoms with Crippen molar-refractivity contribution in [1.29, 1.82) is 0 Å². The molecule has 1 aliphatic rings. The third-order valence-corrected chi connectivity index (χ3v) is 4.55. The number of hydrogen-bond donors (Lipinski definition) is 1. The van der Waals surface area contributed by atoms with Gasteiger partial charge in [0.25, 0.3) is 17.7 Å². The normalized spacial score (nSPS) is 14.4. The monoisotopic (exact) mass is 397 g/mol. The molecule has 8 heteroatoms. The van der Waals surface area contributed by atoms with E-state index < -0.39 is 17.8 Å². The lowest BCUT2D eigenvalue weighted by Crippen LogP contribution is -2.52. The standard InChI is InChI=1S/C20H16ClN3O4/c1-23-18(26)15(19(27)24(2)20(23)28)11-12-6-5-7-13(10-12)22-17(25)14-8-3-4-9-16(14)21/h3-11H,1-2H3,(H,22,25). The van der Waals surface area contributed by atoms with E-state index in [1.807, 2.05) is 0 Å². The molecule has 0 spiro atoms. The summed E-state index contributed by atoms with van der Waals surface area (Å²) in [6.45, 7) is 0. The molecule has 1 aliphatic heterocycles. The summed E-state index contributed by atoms with van der Waals surface area (Å²) in [5.41, 5.74) is 1.17. The Morgan fingerprint density at radius 3 is 2.25 bits per heavy atom. The smallest absolute Gasteiger partial charge is 0.322 e. The number of barbiturate groups is 1. The summed E-state index contributed by atoms with van der Waals surface area (Å²) in [4.78, 5) is 50.5. The second-order valence-corrected chi connectivity index (χ2v) is 6.54. The fourth-order valence-electron chi connectivity index (χ4n) is 2.69. The molecule has 0 radical (unpaired) electrons. The van der Waals surface area contributed by atoms with Crippen LogP contribution < -0.4 is 5.32 Å². The van der Waals surface area contributed by atoms with Crippen LogP contribution in [0.1, 0.15) is 15.9 Å². The van der Waals surface area contributed by atoms with Crippen molar-refractivity contribution in [2.24, 2.45) is 0 Å². The molecule has 142 valence electrons. The Kier molecular flexibility index (Phi) is 5.28. The maximum atomic E-state index is 12.4. The number of imide groups is 2. The molecule has 1 heterocycles. The molecule has 1 fully saturated rings. The van der Waals surface area contributed by atoms with Gasteiger partial charge >= 0.3 is 6.03 Å². The minimum Gasteiger partial charge on any atom is -0.322 e. The molecule has 0 aromatic heterocycles. The molecule has 0 bridgehead atoms. The number of urea groups is 1. The van der Waals surface area contributed by atoms with E-state index in [2.05, 4.69) is 5.32 Å². The minimum absolute atomic E-state index is 0.140. The van der Waals surface area contributed by atoms with Crippen molar-refractivity contribution < 1.29 is 19.2 Å². The first-order valence-corrected chi connectivity index (χ1v) is 8.65. The Balaban J connectivity index is 1.87. The van der Waals surface area contributed by atoms with Gasteiger partial charge in [-0.2, -0.15) is 0 Å². The van der Waals surface area contributed by atoms with Crippen LogP contribution in [-0.2, 0) is 9.59 Å². The van der Waals surface area contributed by atoms with E-state index >= 15 is 0 Å². The highest BCUT2D eigenvalue weighted by Crippen LogP contribution is 2.21. The number of hydrogen-bond acceptors (Lipinski definition) is 4. The number of halogens is 1. The van der Waals surface area contributed by atoms with Crippen molar-refractivity contribution >= 4 is 47.1 Å². The van der Waals surface area contributed by atoms with Gasteiger partial charge in [-0.3, -0.25) is 24.2 Å². The summed E-state index contributed by atoms with van der Waals surface area (Å²) < 4.78 is 0. The number of carbonyl (C=O) groups excluding carboxylic acids is 4. The van der Waals surface area contributed by atoms with Crippen molar-refractivity contribution in [3.8, 4) is 0 Å². The van der Waals surface area contributed by atoms with Gasteiger partial charge in [0.1, 0.15) is 5.57 Å². The number of likely N-dealkylation sites (N-methyl/N-ethyl adjacent to an activating group) is 2. The number of nitrogens with zero attached hydrogens (tertiary/aromatic N) is 2. The zero-order valence-corrected chi connectivity index (χ0v) is 15.9. The van der Waals surface area contributed by atoms with Crippen LogP contribution in [0.5, 0.6) is 0 Å². The van der Waals surface area contributed by atoms with Gasteiger partial charge < -0.3 is 5.32 Å². The Morgan fingerprint density at radius 2 is 1.61 bits per heavy atom. The maximum Gasteiger partial charge on any atom is 0.333 e. The molecule has 1 N–H and O–H groups in total. The van der Waals surface area contributed by atoms with Crippen LogP contribution in [0.25, 0.3) is 6.08 Å².